The van der Waals surface area contributed by atoms with Crippen molar-refractivity contribution in [3.8, 4) is 0 Å². The van der Waals surface area contributed by atoms with E-state index in [0.29, 0.717) is 18.2 Å². The minimum Gasteiger partial charge on any atom is -0.356 e. The van der Waals surface area contributed by atoms with Crippen LogP contribution in [0.2, 0.25) is 0 Å². The van der Waals surface area contributed by atoms with Gasteiger partial charge in [0.2, 0.25) is 0 Å². The molecule has 0 saturated carbocycles. The third-order valence-corrected chi connectivity index (χ3v) is 5.42. The van der Waals surface area contributed by atoms with Gasteiger partial charge in [-0.25, -0.2) is 0 Å². The summed E-state index contributed by atoms with van der Waals surface area (Å²) < 4.78 is 0. The quantitative estimate of drug-likeness (QED) is 0.340. The minimum atomic E-state index is -0.0329. The first-order chi connectivity index (χ1) is 14.8. The molecule has 0 spiro atoms. The van der Waals surface area contributed by atoms with E-state index in [1.807, 2.05) is 30.3 Å². The van der Waals surface area contributed by atoms with Crippen molar-refractivity contribution in [1.29, 1.82) is 0 Å². The monoisotopic (exact) mass is 407 g/mol. The van der Waals surface area contributed by atoms with Crippen LogP contribution in [0, 0.1) is 0 Å². The average Bonchev–Trinajstić information content (AvgIpc) is 3.33. The second kappa shape index (κ2) is 12.0. The predicted molar refractivity (Wildman–Crippen MR) is 123 cm³/mol. The molecule has 1 heterocycles. The third kappa shape index (κ3) is 6.59. The largest absolute Gasteiger partial charge is 0.356 e. The van der Waals surface area contributed by atoms with Crippen molar-refractivity contribution in [1.82, 2.24) is 20.9 Å². The molecule has 3 rings (SSSR count). The second-order valence-corrected chi connectivity index (χ2v) is 7.52. The Bertz CT molecular complexity index is 788. The van der Waals surface area contributed by atoms with Crippen LogP contribution in [-0.2, 0) is 0 Å². The van der Waals surface area contributed by atoms with Gasteiger partial charge in [0.1, 0.15) is 0 Å². The summed E-state index contributed by atoms with van der Waals surface area (Å²) in [6.45, 7) is 4.48. The van der Waals surface area contributed by atoms with E-state index in [1.54, 1.807) is 7.05 Å². The molecular formula is C24H33N5O. The molecule has 1 amide bonds. The summed E-state index contributed by atoms with van der Waals surface area (Å²) in [5.74, 6) is 0.763. The van der Waals surface area contributed by atoms with Crippen molar-refractivity contribution < 1.29 is 4.79 Å². The van der Waals surface area contributed by atoms with Gasteiger partial charge in [-0.15, -0.1) is 0 Å². The van der Waals surface area contributed by atoms with Crippen LogP contribution in [0.5, 0.6) is 0 Å². The molecule has 6 heteroatoms. The third-order valence-electron chi connectivity index (χ3n) is 5.42. The molecule has 2 aromatic carbocycles. The first-order valence-electron chi connectivity index (χ1n) is 10.8. The van der Waals surface area contributed by atoms with E-state index in [4.69, 9.17) is 0 Å². The Morgan fingerprint density at radius 2 is 1.57 bits per heavy atom. The van der Waals surface area contributed by atoms with Crippen molar-refractivity contribution in [3.63, 3.8) is 0 Å². The van der Waals surface area contributed by atoms with Crippen molar-refractivity contribution in [3.05, 3.63) is 71.8 Å². The van der Waals surface area contributed by atoms with E-state index in [1.165, 1.54) is 18.4 Å². The summed E-state index contributed by atoms with van der Waals surface area (Å²) in [4.78, 5) is 19.0. The van der Waals surface area contributed by atoms with Crippen LogP contribution < -0.4 is 16.0 Å². The first-order valence-corrected chi connectivity index (χ1v) is 10.8. The Morgan fingerprint density at radius 1 is 0.933 bits per heavy atom. The topological polar surface area (TPSA) is 68.8 Å². The van der Waals surface area contributed by atoms with Gasteiger partial charge >= 0.3 is 0 Å². The number of benzene rings is 2. The summed E-state index contributed by atoms with van der Waals surface area (Å²) in [5.41, 5.74) is 2.03. The number of carbonyl (C=O) groups is 1. The molecule has 1 saturated heterocycles. The lowest BCUT2D eigenvalue weighted by Crippen LogP contribution is -2.43. The highest BCUT2D eigenvalue weighted by molar-refractivity contribution is 5.94. The van der Waals surface area contributed by atoms with Gasteiger partial charge in [0, 0.05) is 32.2 Å². The zero-order valence-corrected chi connectivity index (χ0v) is 17.8. The summed E-state index contributed by atoms with van der Waals surface area (Å²) in [5, 5.41) is 9.78. The molecule has 3 N–H and O–H groups in total. The number of nitrogens with zero attached hydrogens (tertiary/aromatic N) is 2. The van der Waals surface area contributed by atoms with Gasteiger partial charge in [-0.1, -0.05) is 48.5 Å². The lowest BCUT2D eigenvalue weighted by atomic mass is 10.1. The Labute approximate surface area is 179 Å². The Morgan fingerprint density at radius 3 is 2.23 bits per heavy atom. The highest BCUT2D eigenvalue weighted by atomic mass is 16.1. The molecule has 1 unspecified atom stereocenters. The first kappa shape index (κ1) is 21.8. The molecule has 1 aliphatic heterocycles. The van der Waals surface area contributed by atoms with Gasteiger partial charge < -0.3 is 16.0 Å². The molecule has 1 fully saturated rings. The predicted octanol–water partition coefficient (Wildman–Crippen LogP) is 2.81. The second-order valence-electron chi connectivity index (χ2n) is 7.52. The highest BCUT2D eigenvalue weighted by Gasteiger charge is 2.23. The fourth-order valence-electron chi connectivity index (χ4n) is 3.79. The SMILES string of the molecule is CN=C(NCCCNC(=O)c1ccccc1)NCC(c1ccccc1)N1CCCC1. The van der Waals surface area contributed by atoms with E-state index in [-0.39, 0.29) is 5.91 Å². The molecule has 0 bridgehead atoms. The lowest BCUT2D eigenvalue weighted by Gasteiger charge is -2.29. The summed E-state index contributed by atoms with van der Waals surface area (Å²) in [7, 11) is 1.79. The number of nitrogens with one attached hydrogen (secondary N) is 3. The number of aliphatic imine (C=N–C) groups is 1. The zero-order valence-electron chi connectivity index (χ0n) is 17.8. The van der Waals surface area contributed by atoms with Crippen LogP contribution in [0.1, 0.15) is 41.2 Å². The minimum absolute atomic E-state index is 0.0329. The maximum Gasteiger partial charge on any atom is 0.251 e. The van der Waals surface area contributed by atoms with Gasteiger partial charge in [0.15, 0.2) is 5.96 Å². The molecule has 1 aliphatic rings. The average molecular weight is 408 g/mol. The Kier molecular flexibility index (Phi) is 8.72. The van der Waals surface area contributed by atoms with Crippen molar-refractivity contribution >= 4 is 11.9 Å². The fourth-order valence-corrected chi connectivity index (χ4v) is 3.79. The van der Waals surface area contributed by atoms with Gasteiger partial charge in [-0.05, 0) is 50.0 Å². The lowest BCUT2D eigenvalue weighted by molar-refractivity contribution is 0.0953. The van der Waals surface area contributed by atoms with Crippen molar-refractivity contribution in [2.45, 2.75) is 25.3 Å². The number of carbonyl (C=O) groups excluding carboxylic acids is 1. The fraction of sp³-hybridized carbons (Fsp3) is 0.417. The highest BCUT2D eigenvalue weighted by Crippen LogP contribution is 2.24. The summed E-state index contributed by atoms with van der Waals surface area (Å²) in [6.07, 6.45) is 3.36. The standard InChI is InChI=1S/C24H33N5O/c1-25-24(27-16-10-15-26-23(30)21-13-6-3-7-14-21)28-19-22(29-17-8-9-18-29)20-11-4-2-5-12-20/h2-7,11-14,22H,8-10,15-19H2,1H3,(H,26,30)(H2,25,27,28). The van der Waals surface area contributed by atoms with Crippen LogP contribution in [0.15, 0.2) is 65.7 Å². The molecular weight excluding hydrogens is 374 g/mol. The molecule has 30 heavy (non-hydrogen) atoms. The number of guanidine groups is 1. The number of rotatable bonds is 9. The van der Waals surface area contributed by atoms with Gasteiger partial charge in [-0.2, -0.15) is 0 Å². The van der Waals surface area contributed by atoms with Crippen molar-refractivity contribution in [2.75, 3.05) is 39.8 Å². The zero-order chi connectivity index (χ0) is 21.0. The smallest absolute Gasteiger partial charge is 0.251 e. The maximum atomic E-state index is 12.1. The molecule has 1 atom stereocenters. The normalized spacial score (nSPS) is 15.6. The van der Waals surface area contributed by atoms with Crippen LogP contribution >= 0.6 is 0 Å². The molecule has 160 valence electrons. The van der Waals surface area contributed by atoms with E-state index in [0.717, 1.165) is 38.6 Å². The number of hydrogen-bond acceptors (Lipinski definition) is 3. The molecule has 0 aliphatic carbocycles. The van der Waals surface area contributed by atoms with Gasteiger partial charge in [-0.3, -0.25) is 14.7 Å². The molecule has 2 aromatic rings. The van der Waals surface area contributed by atoms with Crippen molar-refractivity contribution in [2.24, 2.45) is 4.99 Å². The van der Waals surface area contributed by atoms with Gasteiger partial charge in [0.05, 0.1) is 6.04 Å². The van der Waals surface area contributed by atoms with Gasteiger partial charge in [0.25, 0.3) is 5.91 Å². The number of amides is 1. The Balaban J connectivity index is 1.40. The van der Waals surface area contributed by atoms with Crippen LogP contribution in [0.3, 0.4) is 0 Å². The Hall–Kier alpha value is -2.86. The summed E-state index contributed by atoms with van der Waals surface area (Å²) in [6, 6.07) is 20.3. The molecule has 6 nitrogen and oxygen atoms in total. The molecule has 0 aromatic heterocycles. The maximum absolute atomic E-state index is 12.1. The van der Waals surface area contributed by atoms with E-state index < -0.39 is 0 Å². The van der Waals surface area contributed by atoms with Crippen LogP contribution in [0.4, 0.5) is 0 Å². The van der Waals surface area contributed by atoms with Crippen LogP contribution in [-0.4, -0.2) is 56.5 Å². The molecule has 0 radical (unpaired) electrons. The van der Waals surface area contributed by atoms with E-state index in [2.05, 4.69) is 56.2 Å². The van der Waals surface area contributed by atoms with Crippen LogP contribution in [0.25, 0.3) is 0 Å². The summed E-state index contributed by atoms with van der Waals surface area (Å²) >= 11 is 0. The van der Waals surface area contributed by atoms with E-state index in [9.17, 15) is 4.79 Å². The van der Waals surface area contributed by atoms with E-state index >= 15 is 0 Å². The number of hydrogen-bond donors (Lipinski definition) is 3. The number of likely N-dealkylation sites (tertiary alicyclic amines) is 1.